The van der Waals surface area contributed by atoms with E-state index in [-0.39, 0.29) is 30.4 Å². The maximum absolute atomic E-state index is 13.3. The van der Waals surface area contributed by atoms with Gasteiger partial charge in [-0.1, -0.05) is 26.2 Å². The van der Waals surface area contributed by atoms with Gasteiger partial charge >= 0.3 is 6.18 Å². The molecule has 0 spiro atoms. The van der Waals surface area contributed by atoms with E-state index < -0.39 is 27.4 Å². The molecular formula is C22H37ClF3NO3S. The van der Waals surface area contributed by atoms with Crippen molar-refractivity contribution >= 4 is 21.6 Å². The Hall–Kier alpha value is -0.0500. The summed E-state index contributed by atoms with van der Waals surface area (Å²) in [5, 5.41) is -0.790. The lowest BCUT2D eigenvalue weighted by molar-refractivity contribution is -0.181. The fraction of sp³-hybridized carbons (Fsp3) is 1.00. The van der Waals surface area contributed by atoms with Gasteiger partial charge in [0.2, 0.25) is 10.0 Å². The summed E-state index contributed by atoms with van der Waals surface area (Å²) in [5.74, 6) is -1.16. The molecule has 0 radical (unpaired) electrons. The molecular weight excluding hydrogens is 451 g/mol. The molecule has 6 atom stereocenters. The van der Waals surface area contributed by atoms with Crippen LogP contribution in [0.15, 0.2) is 0 Å². The molecule has 3 aliphatic rings. The Labute approximate surface area is 190 Å². The van der Waals surface area contributed by atoms with Crippen LogP contribution in [-0.2, 0) is 14.8 Å². The third kappa shape index (κ3) is 6.51. The number of sulfonamides is 1. The normalized spacial score (nSPS) is 35.9. The lowest BCUT2D eigenvalue weighted by Gasteiger charge is -2.40. The van der Waals surface area contributed by atoms with Crippen LogP contribution in [0, 0.1) is 11.8 Å². The van der Waals surface area contributed by atoms with E-state index in [0.717, 1.165) is 38.5 Å². The highest BCUT2D eigenvalue weighted by Crippen LogP contribution is 2.41. The average molecular weight is 488 g/mol. The van der Waals surface area contributed by atoms with Crippen LogP contribution in [0.5, 0.6) is 0 Å². The number of rotatable bonds is 7. The molecule has 0 bridgehead atoms. The van der Waals surface area contributed by atoms with E-state index in [4.69, 9.17) is 16.3 Å². The first-order valence-electron chi connectivity index (χ1n) is 12.0. The number of ether oxygens (including phenoxy) is 1. The van der Waals surface area contributed by atoms with Crippen molar-refractivity contribution in [3.05, 3.63) is 0 Å². The minimum absolute atomic E-state index is 0.0110. The molecule has 0 aliphatic heterocycles. The van der Waals surface area contributed by atoms with Gasteiger partial charge in [-0.25, -0.2) is 8.42 Å². The lowest BCUT2D eigenvalue weighted by atomic mass is 9.88. The Morgan fingerprint density at radius 1 is 0.968 bits per heavy atom. The van der Waals surface area contributed by atoms with Crippen molar-refractivity contribution < 1.29 is 26.3 Å². The highest BCUT2D eigenvalue weighted by Gasteiger charge is 2.47. The zero-order chi connectivity index (χ0) is 22.6. The Morgan fingerprint density at radius 2 is 1.68 bits per heavy atom. The van der Waals surface area contributed by atoms with E-state index in [0.29, 0.717) is 38.3 Å². The molecule has 31 heavy (non-hydrogen) atoms. The Kier molecular flexibility index (Phi) is 9.01. The topological polar surface area (TPSA) is 46.6 Å². The summed E-state index contributed by atoms with van der Waals surface area (Å²) in [6.45, 7) is 2.69. The van der Waals surface area contributed by atoms with Gasteiger partial charge in [0.05, 0.1) is 23.9 Å². The first-order valence-corrected chi connectivity index (χ1v) is 13.9. The molecule has 0 aromatic heterocycles. The van der Waals surface area contributed by atoms with Crippen molar-refractivity contribution in [2.75, 3.05) is 13.2 Å². The fourth-order valence-electron chi connectivity index (χ4n) is 5.69. The average Bonchev–Trinajstić information content (AvgIpc) is 2.73. The fourth-order valence-corrected chi connectivity index (χ4v) is 8.34. The van der Waals surface area contributed by atoms with Gasteiger partial charge < -0.3 is 4.74 Å². The molecule has 9 heteroatoms. The van der Waals surface area contributed by atoms with Crippen LogP contribution in [0.4, 0.5) is 13.2 Å². The van der Waals surface area contributed by atoms with E-state index in [2.05, 4.69) is 0 Å². The first kappa shape index (κ1) is 25.6. The van der Waals surface area contributed by atoms with Crippen molar-refractivity contribution in [2.45, 2.75) is 113 Å². The van der Waals surface area contributed by atoms with Crippen LogP contribution in [0.2, 0.25) is 0 Å². The predicted molar refractivity (Wildman–Crippen MR) is 117 cm³/mol. The second kappa shape index (κ2) is 10.9. The van der Waals surface area contributed by atoms with Crippen molar-refractivity contribution in [1.29, 1.82) is 0 Å². The highest BCUT2D eigenvalue weighted by molar-refractivity contribution is 7.89. The molecule has 0 amide bonds. The maximum Gasteiger partial charge on any atom is 0.391 e. The predicted octanol–water partition coefficient (Wildman–Crippen LogP) is 5.88. The smallest absolute Gasteiger partial charge is 0.378 e. The monoisotopic (exact) mass is 487 g/mol. The molecule has 0 heterocycles. The van der Waals surface area contributed by atoms with E-state index in [1.807, 2.05) is 0 Å². The summed E-state index contributed by atoms with van der Waals surface area (Å²) in [6, 6.07) is -0.196. The van der Waals surface area contributed by atoms with Crippen molar-refractivity contribution in [1.82, 2.24) is 4.31 Å². The summed E-state index contributed by atoms with van der Waals surface area (Å²) >= 11 is 6.44. The zero-order valence-electron chi connectivity index (χ0n) is 18.5. The van der Waals surface area contributed by atoms with Gasteiger partial charge in [-0.2, -0.15) is 17.5 Å². The highest BCUT2D eigenvalue weighted by atomic mass is 35.5. The molecule has 0 N–H and O–H groups in total. The van der Waals surface area contributed by atoms with E-state index in [1.54, 1.807) is 6.92 Å². The van der Waals surface area contributed by atoms with Crippen LogP contribution in [-0.4, -0.2) is 54.8 Å². The van der Waals surface area contributed by atoms with E-state index >= 15 is 0 Å². The molecule has 3 saturated carbocycles. The van der Waals surface area contributed by atoms with E-state index in [1.165, 1.54) is 10.7 Å². The molecule has 3 aliphatic carbocycles. The van der Waals surface area contributed by atoms with Gasteiger partial charge in [-0.05, 0) is 63.7 Å². The minimum atomic E-state index is -4.32. The summed E-state index contributed by atoms with van der Waals surface area (Å²) < 4.78 is 74.0. The summed E-state index contributed by atoms with van der Waals surface area (Å²) in [6.07, 6.45) is 3.55. The Bertz CT molecular complexity index is 675. The zero-order valence-corrected chi connectivity index (χ0v) is 20.0. The number of hydrogen-bond donors (Lipinski definition) is 0. The van der Waals surface area contributed by atoms with Crippen molar-refractivity contribution in [2.24, 2.45) is 11.8 Å². The van der Waals surface area contributed by atoms with Crippen LogP contribution in [0.25, 0.3) is 0 Å². The van der Waals surface area contributed by atoms with Crippen LogP contribution in [0.3, 0.4) is 0 Å². The summed E-state index contributed by atoms with van der Waals surface area (Å²) in [5.41, 5.74) is 0. The largest absolute Gasteiger partial charge is 0.391 e. The van der Waals surface area contributed by atoms with Crippen molar-refractivity contribution in [3.63, 3.8) is 0 Å². The molecule has 3 rings (SSSR count). The van der Waals surface area contributed by atoms with Gasteiger partial charge in [0.1, 0.15) is 0 Å². The second-order valence-electron chi connectivity index (χ2n) is 9.61. The van der Waals surface area contributed by atoms with Gasteiger partial charge in [0.25, 0.3) is 0 Å². The molecule has 0 aromatic carbocycles. The van der Waals surface area contributed by atoms with Gasteiger partial charge in [0, 0.05) is 18.0 Å². The number of nitrogens with zero attached hydrogens (tertiary/aromatic N) is 1. The molecule has 3 fully saturated rings. The van der Waals surface area contributed by atoms with Gasteiger partial charge in [-0.15, -0.1) is 11.6 Å². The summed E-state index contributed by atoms with van der Waals surface area (Å²) in [4.78, 5) is 0. The number of halogens is 4. The molecule has 0 aromatic rings. The first-order chi connectivity index (χ1) is 14.6. The van der Waals surface area contributed by atoms with Crippen LogP contribution in [0.1, 0.15) is 84.0 Å². The van der Waals surface area contributed by atoms with Gasteiger partial charge in [0.15, 0.2) is 0 Å². The third-order valence-corrected chi connectivity index (χ3v) is 10.6. The SMILES string of the molecule is CCN(C1CCCC(OCC2CCCCC2Cl)C1)S(=O)(=O)C1CCCC(C(F)(F)F)C1. The molecule has 4 nitrogen and oxygen atoms in total. The lowest BCUT2D eigenvalue weighted by Crippen LogP contribution is -2.49. The standard InChI is InChI=1S/C22H37ClF3NO3S/c1-2-27(31(28,29)20-11-5-8-17(13-20)22(24,25)26)18-9-6-10-19(14-18)30-15-16-7-3-4-12-21(16)23/h16-21H,2-15H2,1H3. The molecule has 0 saturated heterocycles. The number of alkyl halides is 4. The molecule has 182 valence electrons. The second-order valence-corrected chi connectivity index (χ2v) is 12.3. The summed E-state index contributed by atoms with van der Waals surface area (Å²) in [7, 11) is -3.78. The van der Waals surface area contributed by atoms with Crippen LogP contribution >= 0.6 is 11.6 Å². The van der Waals surface area contributed by atoms with Crippen LogP contribution < -0.4 is 0 Å². The quantitative estimate of drug-likeness (QED) is 0.421. The third-order valence-electron chi connectivity index (χ3n) is 7.52. The molecule has 6 unspecified atom stereocenters. The number of hydrogen-bond acceptors (Lipinski definition) is 3. The Balaban J connectivity index is 1.61. The van der Waals surface area contributed by atoms with Gasteiger partial charge in [-0.3, -0.25) is 0 Å². The maximum atomic E-state index is 13.3. The van der Waals surface area contributed by atoms with E-state index in [9.17, 15) is 21.6 Å². The van der Waals surface area contributed by atoms with Crippen molar-refractivity contribution in [3.8, 4) is 0 Å². The minimum Gasteiger partial charge on any atom is -0.378 e. The Morgan fingerprint density at radius 3 is 2.35 bits per heavy atom.